The number of aryl methyl sites for hydroxylation is 2. The van der Waals surface area contributed by atoms with Crippen molar-refractivity contribution in [1.82, 2.24) is 19.7 Å². The Balaban J connectivity index is 1.62. The van der Waals surface area contributed by atoms with Crippen molar-refractivity contribution < 1.29 is 0 Å². The van der Waals surface area contributed by atoms with E-state index in [-0.39, 0.29) is 5.69 Å². The van der Waals surface area contributed by atoms with Crippen LogP contribution in [0.5, 0.6) is 0 Å². The standard InChI is InChI=1S/C22H26N4O/c27-22-25(17-19-9-5-2-6-10-19)21(20-11-14-23-15-12-20)24-26(22)16-13-18-7-3-1-4-8-18/h1-10,20,23H,11-17H2. The van der Waals surface area contributed by atoms with Crippen LogP contribution in [0.3, 0.4) is 0 Å². The molecular weight excluding hydrogens is 336 g/mol. The molecule has 140 valence electrons. The Bertz CT molecular complexity index is 908. The summed E-state index contributed by atoms with van der Waals surface area (Å²) in [4.78, 5) is 13.1. The Labute approximate surface area is 159 Å². The van der Waals surface area contributed by atoms with Crippen molar-refractivity contribution in [1.29, 1.82) is 0 Å². The van der Waals surface area contributed by atoms with Crippen molar-refractivity contribution in [3.05, 3.63) is 88.1 Å². The van der Waals surface area contributed by atoms with Crippen molar-refractivity contribution in [2.45, 2.75) is 38.3 Å². The van der Waals surface area contributed by atoms with Gasteiger partial charge in [-0.25, -0.2) is 9.48 Å². The monoisotopic (exact) mass is 362 g/mol. The highest BCUT2D eigenvalue weighted by molar-refractivity contribution is 5.17. The molecule has 0 spiro atoms. The Morgan fingerprint density at radius 2 is 1.56 bits per heavy atom. The third-order valence-corrected chi connectivity index (χ3v) is 5.29. The van der Waals surface area contributed by atoms with Gasteiger partial charge in [0.05, 0.1) is 13.1 Å². The van der Waals surface area contributed by atoms with Gasteiger partial charge in [-0.15, -0.1) is 0 Å². The Morgan fingerprint density at radius 1 is 0.926 bits per heavy atom. The summed E-state index contributed by atoms with van der Waals surface area (Å²) in [6.07, 6.45) is 2.88. The smallest absolute Gasteiger partial charge is 0.317 e. The van der Waals surface area contributed by atoms with Crippen LogP contribution in [0.15, 0.2) is 65.5 Å². The molecule has 3 aromatic rings. The van der Waals surface area contributed by atoms with Crippen LogP contribution in [-0.2, 0) is 19.5 Å². The number of nitrogens with zero attached hydrogens (tertiary/aromatic N) is 3. The predicted molar refractivity (Wildman–Crippen MR) is 107 cm³/mol. The molecule has 0 radical (unpaired) electrons. The lowest BCUT2D eigenvalue weighted by molar-refractivity contribution is 0.430. The molecule has 4 rings (SSSR count). The number of benzene rings is 2. The number of nitrogens with one attached hydrogen (secondary N) is 1. The molecule has 0 unspecified atom stereocenters. The lowest BCUT2D eigenvalue weighted by atomic mass is 9.97. The van der Waals surface area contributed by atoms with Crippen molar-refractivity contribution in [3.8, 4) is 0 Å². The summed E-state index contributed by atoms with van der Waals surface area (Å²) in [5.74, 6) is 1.29. The zero-order valence-electron chi connectivity index (χ0n) is 15.6. The maximum Gasteiger partial charge on any atom is 0.346 e. The average molecular weight is 362 g/mol. The molecule has 1 fully saturated rings. The van der Waals surface area contributed by atoms with E-state index in [2.05, 4.69) is 29.6 Å². The maximum atomic E-state index is 13.1. The molecule has 0 aliphatic carbocycles. The summed E-state index contributed by atoms with van der Waals surface area (Å²) >= 11 is 0. The van der Waals surface area contributed by atoms with Crippen LogP contribution in [0.25, 0.3) is 0 Å². The van der Waals surface area contributed by atoms with Crippen LogP contribution < -0.4 is 11.0 Å². The molecule has 5 heteroatoms. The van der Waals surface area contributed by atoms with Crippen LogP contribution in [0, 0.1) is 0 Å². The van der Waals surface area contributed by atoms with E-state index in [1.807, 2.05) is 41.0 Å². The van der Waals surface area contributed by atoms with Crippen LogP contribution in [0.2, 0.25) is 0 Å². The molecule has 27 heavy (non-hydrogen) atoms. The Morgan fingerprint density at radius 3 is 2.22 bits per heavy atom. The van der Waals surface area contributed by atoms with E-state index in [9.17, 15) is 4.79 Å². The molecule has 1 aromatic heterocycles. The lowest BCUT2D eigenvalue weighted by Gasteiger charge is -2.22. The second-order valence-electron chi connectivity index (χ2n) is 7.20. The molecule has 0 bridgehead atoms. The molecular formula is C22H26N4O. The van der Waals surface area contributed by atoms with Gasteiger partial charge in [-0.05, 0) is 43.5 Å². The average Bonchev–Trinajstić information content (AvgIpc) is 3.04. The molecule has 0 saturated carbocycles. The number of rotatable bonds is 6. The first-order valence-corrected chi connectivity index (χ1v) is 9.77. The normalized spacial score (nSPS) is 15.1. The molecule has 2 heterocycles. The number of piperidine rings is 1. The van der Waals surface area contributed by atoms with Gasteiger partial charge in [-0.3, -0.25) is 4.57 Å². The molecule has 2 aromatic carbocycles. The SMILES string of the molecule is O=c1n(CCc2ccccc2)nc(C2CCNCC2)n1Cc1ccccc1. The first kappa shape index (κ1) is 17.7. The first-order chi connectivity index (χ1) is 13.3. The molecule has 5 nitrogen and oxygen atoms in total. The molecule has 1 saturated heterocycles. The minimum Gasteiger partial charge on any atom is -0.317 e. The highest BCUT2D eigenvalue weighted by Crippen LogP contribution is 2.23. The number of hydrogen-bond donors (Lipinski definition) is 1. The third kappa shape index (κ3) is 4.19. The van der Waals surface area contributed by atoms with E-state index in [1.54, 1.807) is 4.68 Å². The van der Waals surface area contributed by atoms with Crippen LogP contribution >= 0.6 is 0 Å². The second-order valence-corrected chi connectivity index (χ2v) is 7.20. The molecule has 1 aliphatic heterocycles. The van der Waals surface area contributed by atoms with Gasteiger partial charge in [0.2, 0.25) is 0 Å². The largest absolute Gasteiger partial charge is 0.346 e. The van der Waals surface area contributed by atoms with Crippen LogP contribution in [0.1, 0.15) is 35.7 Å². The zero-order valence-corrected chi connectivity index (χ0v) is 15.6. The summed E-state index contributed by atoms with van der Waals surface area (Å²) in [5.41, 5.74) is 2.37. The second kappa shape index (κ2) is 8.35. The van der Waals surface area contributed by atoms with Gasteiger partial charge in [-0.2, -0.15) is 5.10 Å². The number of hydrogen-bond acceptors (Lipinski definition) is 3. The van der Waals surface area contributed by atoms with Gasteiger partial charge in [0.25, 0.3) is 0 Å². The summed E-state index contributed by atoms with van der Waals surface area (Å²) < 4.78 is 3.55. The third-order valence-electron chi connectivity index (χ3n) is 5.29. The van der Waals surface area contributed by atoms with Gasteiger partial charge in [0.1, 0.15) is 5.82 Å². The van der Waals surface area contributed by atoms with E-state index < -0.39 is 0 Å². The quantitative estimate of drug-likeness (QED) is 0.734. The van der Waals surface area contributed by atoms with Gasteiger partial charge < -0.3 is 5.32 Å². The van der Waals surface area contributed by atoms with E-state index in [0.29, 0.717) is 19.0 Å². The minimum atomic E-state index is 0.00307. The van der Waals surface area contributed by atoms with Crippen molar-refractivity contribution in [2.24, 2.45) is 0 Å². The van der Waals surface area contributed by atoms with Gasteiger partial charge in [0.15, 0.2) is 0 Å². The number of aromatic nitrogens is 3. The fourth-order valence-corrected chi connectivity index (χ4v) is 3.78. The van der Waals surface area contributed by atoms with Gasteiger partial charge in [-0.1, -0.05) is 60.7 Å². The molecule has 1 N–H and O–H groups in total. The first-order valence-electron chi connectivity index (χ1n) is 9.77. The predicted octanol–water partition coefficient (Wildman–Crippen LogP) is 2.80. The van der Waals surface area contributed by atoms with Crippen molar-refractivity contribution in [3.63, 3.8) is 0 Å². The van der Waals surface area contributed by atoms with E-state index >= 15 is 0 Å². The zero-order chi connectivity index (χ0) is 18.5. The van der Waals surface area contributed by atoms with E-state index in [0.717, 1.165) is 43.7 Å². The van der Waals surface area contributed by atoms with Crippen LogP contribution in [0.4, 0.5) is 0 Å². The van der Waals surface area contributed by atoms with Gasteiger partial charge in [0, 0.05) is 5.92 Å². The molecule has 0 atom stereocenters. The highest BCUT2D eigenvalue weighted by atomic mass is 16.2. The topological polar surface area (TPSA) is 51.9 Å². The fourth-order valence-electron chi connectivity index (χ4n) is 3.78. The highest BCUT2D eigenvalue weighted by Gasteiger charge is 2.24. The molecule has 1 aliphatic rings. The van der Waals surface area contributed by atoms with E-state index in [4.69, 9.17) is 5.10 Å². The van der Waals surface area contributed by atoms with Gasteiger partial charge >= 0.3 is 5.69 Å². The summed E-state index contributed by atoms with van der Waals surface area (Å²) in [7, 11) is 0. The van der Waals surface area contributed by atoms with Crippen molar-refractivity contribution in [2.75, 3.05) is 13.1 Å². The fraction of sp³-hybridized carbons (Fsp3) is 0.364. The maximum absolute atomic E-state index is 13.1. The van der Waals surface area contributed by atoms with Crippen molar-refractivity contribution >= 4 is 0 Å². The Hall–Kier alpha value is -2.66. The minimum absolute atomic E-state index is 0.00307. The summed E-state index contributed by atoms with van der Waals surface area (Å²) in [6.45, 7) is 3.18. The molecule has 0 amide bonds. The summed E-state index contributed by atoms with van der Waals surface area (Å²) in [5, 5.41) is 8.18. The summed E-state index contributed by atoms with van der Waals surface area (Å²) in [6, 6.07) is 20.5. The lowest BCUT2D eigenvalue weighted by Crippen LogP contribution is -2.30. The Kier molecular flexibility index (Phi) is 5.49. The van der Waals surface area contributed by atoms with E-state index in [1.165, 1.54) is 5.56 Å². The van der Waals surface area contributed by atoms with Crippen LogP contribution in [-0.4, -0.2) is 27.4 Å².